The molecule has 3 heteroatoms. The Morgan fingerprint density at radius 1 is 1.00 bits per heavy atom. The summed E-state index contributed by atoms with van der Waals surface area (Å²) in [6.07, 6.45) is 2.77. The Bertz CT molecular complexity index is 558. The monoisotopic (exact) mass is 271 g/mol. The van der Waals surface area contributed by atoms with Crippen molar-refractivity contribution in [1.82, 2.24) is 0 Å². The minimum atomic E-state index is -0.0924. The first kappa shape index (κ1) is 13.3. The molecule has 0 bridgehead atoms. The summed E-state index contributed by atoms with van der Waals surface area (Å²) in [5.41, 5.74) is 2.81. The number of fused-ring (bicyclic) bond motifs is 1. The number of imide groups is 1. The summed E-state index contributed by atoms with van der Waals surface area (Å²) in [7, 11) is 0. The molecule has 1 aromatic rings. The Kier molecular flexibility index (Phi) is 3.15. The molecule has 2 fully saturated rings. The SMILES string of the molecule is Cc1cccc(C)c1N1C(=O)[C@H]2CC[C@@H](C)C[C@@H]2C1=O. The molecule has 1 aliphatic carbocycles. The number of benzene rings is 1. The lowest BCUT2D eigenvalue weighted by Gasteiger charge is -2.25. The number of aryl methyl sites for hydroxylation is 2. The highest BCUT2D eigenvalue weighted by Gasteiger charge is 2.50. The van der Waals surface area contributed by atoms with E-state index in [1.165, 1.54) is 4.90 Å². The smallest absolute Gasteiger partial charge is 0.237 e. The standard InChI is InChI=1S/C17H21NO2/c1-10-7-8-13-14(9-10)17(20)18(16(13)19)15-11(2)5-4-6-12(15)3/h4-6,10,13-14H,7-9H2,1-3H3/t10-,13+,14+/m1/s1. The topological polar surface area (TPSA) is 37.4 Å². The van der Waals surface area contributed by atoms with Gasteiger partial charge in [-0.3, -0.25) is 9.59 Å². The number of hydrogen-bond acceptors (Lipinski definition) is 2. The average Bonchev–Trinajstić information content (AvgIpc) is 2.63. The van der Waals surface area contributed by atoms with Crippen LogP contribution in [0.2, 0.25) is 0 Å². The molecule has 0 radical (unpaired) electrons. The summed E-state index contributed by atoms with van der Waals surface area (Å²) in [6.45, 7) is 6.11. The molecule has 1 saturated carbocycles. The first-order valence-electron chi connectivity index (χ1n) is 7.44. The number of carbonyl (C=O) groups is 2. The molecule has 0 aromatic heterocycles. The van der Waals surface area contributed by atoms with Gasteiger partial charge in [-0.15, -0.1) is 0 Å². The highest BCUT2D eigenvalue weighted by molar-refractivity contribution is 6.22. The van der Waals surface area contributed by atoms with Crippen LogP contribution < -0.4 is 4.90 Å². The Morgan fingerprint density at radius 3 is 2.25 bits per heavy atom. The maximum absolute atomic E-state index is 12.7. The number of nitrogens with zero attached hydrogens (tertiary/aromatic N) is 1. The third-order valence-corrected chi connectivity index (χ3v) is 4.85. The van der Waals surface area contributed by atoms with E-state index in [1.54, 1.807) is 0 Å². The number of amides is 2. The van der Waals surface area contributed by atoms with E-state index >= 15 is 0 Å². The Morgan fingerprint density at radius 2 is 1.60 bits per heavy atom. The molecule has 0 N–H and O–H groups in total. The van der Waals surface area contributed by atoms with Gasteiger partial charge in [-0.2, -0.15) is 0 Å². The molecule has 3 nitrogen and oxygen atoms in total. The van der Waals surface area contributed by atoms with Crippen LogP contribution in [0.5, 0.6) is 0 Å². The van der Waals surface area contributed by atoms with Crippen LogP contribution in [0.15, 0.2) is 18.2 Å². The molecule has 2 aliphatic rings. The van der Waals surface area contributed by atoms with E-state index in [9.17, 15) is 9.59 Å². The molecule has 1 aromatic carbocycles. The van der Waals surface area contributed by atoms with E-state index in [1.807, 2.05) is 32.0 Å². The first-order chi connectivity index (χ1) is 9.50. The summed E-state index contributed by atoms with van der Waals surface area (Å²) < 4.78 is 0. The molecule has 3 rings (SSSR count). The van der Waals surface area contributed by atoms with Crippen molar-refractivity contribution in [1.29, 1.82) is 0 Å². The molecular formula is C17H21NO2. The summed E-state index contributed by atoms with van der Waals surface area (Å²) >= 11 is 0. The van der Waals surface area contributed by atoms with Gasteiger partial charge in [-0.05, 0) is 50.2 Å². The molecule has 20 heavy (non-hydrogen) atoms. The van der Waals surface area contributed by atoms with Gasteiger partial charge in [0.2, 0.25) is 11.8 Å². The number of hydrogen-bond donors (Lipinski definition) is 0. The highest BCUT2D eigenvalue weighted by atomic mass is 16.2. The minimum Gasteiger partial charge on any atom is -0.274 e. The largest absolute Gasteiger partial charge is 0.274 e. The van der Waals surface area contributed by atoms with Gasteiger partial charge in [0.15, 0.2) is 0 Å². The maximum Gasteiger partial charge on any atom is 0.237 e. The van der Waals surface area contributed by atoms with Gasteiger partial charge in [0, 0.05) is 0 Å². The highest BCUT2D eigenvalue weighted by Crippen LogP contribution is 2.43. The van der Waals surface area contributed by atoms with Gasteiger partial charge in [-0.1, -0.05) is 25.1 Å². The maximum atomic E-state index is 12.7. The molecular weight excluding hydrogens is 250 g/mol. The van der Waals surface area contributed by atoms with Gasteiger partial charge in [0.25, 0.3) is 0 Å². The van der Waals surface area contributed by atoms with Gasteiger partial charge >= 0.3 is 0 Å². The third kappa shape index (κ3) is 1.88. The fourth-order valence-corrected chi connectivity index (χ4v) is 3.77. The van der Waals surface area contributed by atoms with Crippen molar-refractivity contribution in [2.75, 3.05) is 4.90 Å². The lowest BCUT2D eigenvalue weighted by Crippen LogP contribution is -2.32. The molecule has 2 amide bonds. The van der Waals surface area contributed by atoms with Crippen molar-refractivity contribution in [2.45, 2.75) is 40.0 Å². The van der Waals surface area contributed by atoms with Gasteiger partial charge in [0.1, 0.15) is 0 Å². The van der Waals surface area contributed by atoms with Crippen LogP contribution in [0.3, 0.4) is 0 Å². The van der Waals surface area contributed by atoms with Crippen LogP contribution in [0, 0.1) is 31.6 Å². The third-order valence-electron chi connectivity index (χ3n) is 4.85. The summed E-state index contributed by atoms with van der Waals surface area (Å²) in [5, 5.41) is 0. The summed E-state index contributed by atoms with van der Waals surface area (Å²) in [5.74, 6) is 0.405. The normalized spacial score (nSPS) is 29.8. The molecule has 1 aliphatic heterocycles. The molecule has 1 heterocycles. The lowest BCUT2D eigenvalue weighted by atomic mass is 9.76. The van der Waals surface area contributed by atoms with E-state index < -0.39 is 0 Å². The minimum absolute atomic E-state index is 0.0175. The second-order valence-electron chi connectivity index (χ2n) is 6.38. The van der Waals surface area contributed by atoms with Crippen molar-refractivity contribution in [3.05, 3.63) is 29.3 Å². The number of rotatable bonds is 1. The molecule has 106 valence electrons. The Hall–Kier alpha value is -1.64. The van der Waals surface area contributed by atoms with Gasteiger partial charge in [-0.25, -0.2) is 4.90 Å². The van der Waals surface area contributed by atoms with Crippen LogP contribution in [-0.2, 0) is 9.59 Å². The number of anilines is 1. The van der Waals surface area contributed by atoms with Crippen molar-refractivity contribution in [2.24, 2.45) is 17.8 Å². The van der Waals surface area contributed by atoms with Gasteiger partial charge in [0.05, 0.1) is 17.5 Å². The number of carbonyl (C=O) groups excluding carboxylic acids is 2. The van der Waals surface area contributed by atoms with Crippen molar-refractivity contribution in [3.8, 4) is 0 Å². The van der Waals surface area contributed by atoms with Gasteiger partial charge < -0.3 is 0 Å². The van der Waals surface area contributed by atoms with E-state index in [-0.39, 0.29) is 23.7 Å². The van der Waals surface area contributed by atoms with E-state index in [0.29, 0.717) is 5.92 Å². The predicted molar refractivity (Wildman–Crippen MR) is 78.4 cm³/mol. The number of para-hydroxylation sites is 1. The fraction of sp³-hybridized carbons (Fsp3) is 0.529. The van der Waals surface area contributed by atoms with Crippen LogP contribution in [0.4, 0.5) is 5.69 Å². The predicted octanol–water partition coefficient (Wildman–Crippen LogP) is 3.23. The van der Waals surface area contributed by atoms with E-state index in [2.05, 4.69) is 6.92 Å². The van der Waals surface area contributed by atoms with Crippen LogP contribution in [0.1, 0.15) is 37.3 Å². The molecule has 3 atom stereocenters. The second-order valence-corrected chi connectivity index (χ2v) is 6.38. The zero-order valence-corrected chi connectivity index (χ0v) is 12.3. The fourth-order valence-electron chi connectivity index (χ4n) is 3.77. The van der Waals surface area contributed by atoms with E-state index in [0.717, 1.165) is 36.1 Å². The van der Waals surface area contributed by atoms with E-state index in [4.69, 9.17) is 0 Å². The van der Waals surface area contributed by atoms with Crippen molar-refractivity contribution < 1.29 is 9.59 Å². The second kappa shape index (κ2) is 4.72. The summed E-state index contributed by atoms with van der Waals surface area (Å²) in [4.78, 5) is 26.8. The Balaban J connectivity index is 2.03. The molecule has 0 unspecified atom stereocenters. The lowest BCUT2D eigenvalue weighted by molar-refractivity contribution is -0.122. The Labute approximate surface area is 120 Å². The van der Waals surface area contributed by atoms with Crippen molar-refractivity contribution >= 4 is 17.5 Å². The zero-order valence-electron chi connectivity index (χ0n) is 12.3. The van der Waals surface area contributed by atoms with Crippen LogP contribution in [0.25, 0.3) is 0 Å². The molecule has 0 spiro atoms. The molecule has 1 saturated heterocycles. The van der Waals surface area contributed by atoms with Crippen LogP contribution >= 0.6 is 0 Å². The summed E-state index contributed by atoms with van der Waals surface area (Å²) in [6, 6.07) is 5.90. The zero-order chi connectivity index (χ0) is 14.4. The first-order valence-corrected chi connectivity index (χ1v) is 7.44. The average molecular weight is 271 g/mol. The van der Waals surface area contributed by atoms with Crippen LogP contribution in [-0.4, -0.2) is 11.8 Å². The quantitative estimate of drug-likeness (QED) is 0.735. The van der Waals surface area contributed by atoms with Crippen molar-refractivity contribution in [3.63, 3.8) is 0 Å².